The van der Waals surface area contributed by atoms with Gasteiger partial charge in [-0.2, -0.15) is 0 Å². The largest absolute Gasteiger partial charge is 0.355 e. The first-order chi connectivity index (χ1) is 15.7. The minimum absolute atomic E-state index is 0.111. The van der Waals surface area contributed by atoms with Crippen LogP contribution in [-0.2, 0) is 14.1 Å². The van der Waals surface area contributed by atoms with Gasteiger partial charge in [-0.05, 0) is 47.5 Å². The highest BCUT2D eigenvalue weighted by Gasteiger charge is 2.18. The van der Waals surface area contributed by atoms with Crippen molar-refractivity contribution < 1.29 is 14.1 Å². The van der Waals surface area contributed by atoms with Crippen LogP contribution in [0.2, 0.25) is 0 Å². The number of aromatic nitrogens is 2. The second-order valence-electron chi connectivity index (χ2n) is 7.49. The van der Waals surface area contributed by atoms with Gasteiger partial charge in [-0.3, -0.25) is 24.0 Å². The standard InChI is InChI=1S/C23H20FN5O4/c1-25-22(30)16-7-4-13(10-17(16)24)14-5-8-18(20(11-14)29(32)33)26-15-6-9-19-21(12-15)28(3)23(31)27(19)2/h4-12,26H,1-3H3,(H,25,30). The highest BCUT2D eigenvalue weighted by atomic mass is 19.1. The number of rotatable bonds is 5. The van der Waals surface area contributed by atoms with Gasteiger partial charge in [0.15, 0.2) is 0 Å². The zero-order valence-electron chi connectivity index (χ0n) is 18.0. The number of hydrogen-bond donors (Lipinski definition) is 2. The number of nitro benzene ring substituents is 1. The lowest BCUT2D eigenvalue weighted by Crippen LogP contribution is -2.19. The van der Waals surface area contributed by atoms with Crippen LogP contribution in [0, 0.1) is 15.9 Å². The average molecular weight is 449 g/mol. The van der Waals surface area contributed by atoms with Gasteiger partial charge in [0.05, 0.1) is 21.5 Å². The number of benzene rings is 3. The van der Waals surface area contributed by atoms with Crippen LogP contribution in [0.4, 0.5) is 21.5 Å². The second kappa shape index (κ2) is 8.23. The number of nitrogens with one attached hydrogen (secondary N) is 2. The molecule has 0 radical (unpaired) electrons. The molecule has 10 heteroatoms. The van der Waals surface area contributed by atoms with Crippen molar-refractivity contribution in [2.24, 2.45) is 14.1 Å². The molecular weight excluding hydrogens is 429 g/mol. The van der Waals surface area contributed by atoms with E-state index in [1.807, 2.05) is 0 Å². The molecule has 1 aromatic heterocycles. The van der Waals surface area contributed by atoms with E-state index >= 15 is 0 Å². The van der Waals surface area contributed by atoms with E-state index in [4.69, 9.17) is 0 Å². The smallest absolute Gasteiger partial charge is 0.328 e. The molecule has 3 aromatic carbocycles. The average Bonchev–Trinajstić information content (AvgIpc) is 3.02. The predicted molar refractivity (Wildman–Crippen MR) is 123 cm³/mol. The highest BCUT2D eigenvalue weighted by molar-refractivity contribution is 5.95. The van der Waals surface area contributed by atoms with Crippen LogP contribution in [0.5, 0.6) is 0 Å². The van der Waals surface area contributed by atoms with Gasteiger partial charge in [-0.1, -0.05) is 12.1 Å². The summed E-state index contributed by atoms with van der Waals surface area (Å²) in [7, 11) is 4.73. The first kappa shape index (κ1) is 21.8. The van der Waals surface area contributed by atoms with Crippen molar-refractivity contribution in [3.8, 4) is 11.1 Å². The Hall–Kier alpha value is -4.47. The molecule has 0 aliphatic carbocycles. The Labute approximate surface area is 187 Å². The fourth-order valence-corrected chi connectivity index (χ4v) is 3.72. The van der Waals surface area contributed by atoms with Crippen LogP contribution in [-0.4, -0.2) is 27.0 Å². The van der Waals surface area contributed by atoms with E-state index < -0.39 is 16.6 Å². The Bertz CT molecular complexity index is 1490. The summed E-state index contributed by atoms with van der Waals surface area (Å²) in [6, 6.07) is 13.8. The fourth-order valence-electron chi connectivity index (χ4n) is 3.72. The van der Waals surface area contributed by atoms with Gasteiger partial charge in [0.1, 0.15) is 11.5 Å². The lowest BCUT2D eigenvalue weighted by Gasteiger charge is -2.10. The number of carbonyl (C=O) groups excluding carboxylic acids is 1. The Morgan fingerprint density at radius 1 is 0.970 bits per heavy atom. The van der Waals surface area contributed by atoms with E-state index in [1.165, 1.54) is 46.5 Å². The van der Waals surface area contributed by atoms with Crippen molar-refractivity contribution >= 4 is 34.0 Å². The number of hydrogen-bond acceptors (Lipinski definition) is 5. The molecule has 9 nitrogen and oxygen atoms in total. The zero-order chi connectivity index (χ0) is 23.9. The molecule has 1 amide bonds. The number of halogens is 1. The van der Waals surface area contributed by atoms with Gasteiger partial charge in [0, 0.05) is 32.9 Å². The molecule has 0 spiro atoms. The van der Waals surface area contributed by atoms with Crippen molar-refractivity contribution in [1.82, 2.24) is 14.5 Å². The van der Waals surface area contributed by atoms with Crippen LogP contribution in [0.1, 0.15) is 10.4 Å². The van der Waals surface area contributed by atoms with Gasteiger partial charge >= 0.3 is 5.69 Å². The molecule has 0 bridgehead atoms. The van der Waals surface area contributed by atoms with Crippen LogP contribution in [0.15, 0.2) is 59.4 Å². The third-order valence-electron chi connectivity index (χ3n) is 5.52. The topological polar surface area (TPSA) is 111 Å². The van der Waals surface area contributed by atoms with Gasteiger partial charge in [0.25, 0.3) is 11.6 Å². The number of fused-ring (bicyclic) bond motifs is 1. The number of nitrogens with zero attached hydrogens (tertiary/aromatic N) is 3. The first-order valence-electron chi connectivity index (χ1n) is 9.94. The molecule has 0 atom stereocenters. The zero-order valence-corrected chi connectivity index (χ0v) is 18.0. The molecule has 168 valence electrons. The molecule has 0 fully saturated rings. The number of carbonyl (C=O) groups is 1. The number of aryl methyl sites for hydroxylation is 2. The number of nitro groups is 1. The number of anilines is 2. The molecule has 1 heterocycles. The maximum Gasteiger partial charge on any atom is 0.328 e. The van der Waals surface area contributed by atoms with Crippen molar-refractivity contribution in [1.29, 1.82) is 0 Å². The quantitative estimate of drug-likeness (QED) is 0.357. The second-order valence-corrected chi connectivity index (χ2v) is 7.49. The lowest BCUT2D eigenvalue weighted by atomic mass is 10.0. The van der Waals surface area contributed by atoms with Crippen molar-refractivity contribution in [3.05, 3.63) is 86.6 Å². The van der Waals surface area contributed by atoms with Crippen molar-refractivity contribution in [3.63, 3.8) is 0 Å². The van der Waals surface area contributed by atoms with Gasteiger partial charge < -0.3 is 10.6 Å². The fraction of sp³-hybridized carbons (Fsp3) is 0.130. The summed E-state index contributed by atoms with van der Waals surface area (Å²) < 4.78 is 17.4. The van der Waals surface area contributed by atoms with Gasteiger partial charge in [0.2, 0.25) is 0 Å². The molecule has 0 aliphatic heterocycles. The minimum Gasteiger partial charge on any atom is -0.355 e. The Balaban J connectivity index is 1.71. The molecule has 0 saturated heterocycles. The molecule has 0 aliphatic rings. The maximum atomic E-state index is 14.4. The van der Waals surface area contributed by atoms with Crippen LogP contribution in [0.3, 0.4) is 0 Å². The summed E-state index contributed by atoms with van der Waals surface area (Å²) in [5.74, 6) is -1.28. The van der Waals surface area contributed by atoms with E-state index in [1.54, 1.807) is 38.4 Å². The van der Waals surface area contributed by atoms with Gasteiger partial charge in [-0.15, -0.1) is 0 Å². The van der Waals surface area contributed by atoms with E-state index in [9.17, 15) is 24.1 Å². The third kappa shape index (κ3) is 3.82. The van der Waals surface area contributed by atoms with Crippen LogP contribution < -0.4 is 16.3 Å². The number of amides is 1. The normalized spacial score (nSPS) is 10.9. The molecule has 0 unspecified atom stereocenters. The highest BCUT2D eigenvalue weighted by Crippen LogP contribution is 2.33. The molecule has 4 aromatic rings. The maximum absolute atomic E-state index is 14.4. The van der Waals surface area contributed by atoms with Crippen LogP contribution in [0.25, 0.3) is 22.2 Å². The van der Waals surface area contributed by atoms with Crippen molar-refractivity contribution in [2.75, 3.05) is 12.4 Å². The first-order valence-corrected chi connectivity index (χ1v) is 9.94. The summed E-state index contributed by atoms with van der Waals surface area (Å²) in [5, 5.41) is 17.1. The Morgan fingerprint density at radius 3 is 2.30 bits per heavy atom. The Morgan fingerprint density at radius 2 is 1.64 bits per heavy atom. The monoisotopic (exact) mass is 449 g/mol. The molecule has 0 saturated carbocycles. The van der Waals surface area contributed by atoms with E-state index in [-0.39, 0.29) is 22.6 Å². The summed E-state index contributed by atoms with van der Waals surface area (Å²) in [5.41, 5.74) is 2.56. The molecule has 4 rings (SSSR count). The summed E-state index contributed by atoms with van der Waals surface area (Å²) in [6.45, 7) is 0. The van der Waals surface area contributed by atoms with Crippen molar-refractivity contribution in [2.45, 2.75) is 0 Å². The third-order valence-corrected chi connectivity index (χ3v) is 5.52. The van der Waals surface area contributed by atoms with Gasteiger partial charge in [-0.25, -0.2) is 9.18 Å². The Kier molecular flexibility index (Phi) is 5.42. The molecular formula is C23H20FN5O4. The SMILES string of the molecule is CNC(=O)c1ccc(-c2ccc(Nc3ccc4c(c3)n(C)c(=O)n4C)c([N+](=O)[O-])c2)cc1F. The minimum atomic E-state index is -0.724. The molecule has 33 heavy (non-hydrogen) atoms. The summed E-state index contributed by atoms with van der Waals surface area (Å²) >= 11 is 0. The molecule has 2 N–H and O–H groups in total. The van der Waals surface area contributed by atoms with E-state index in [0.717, 1.165) is 5.52 Å². The summed E-state index contributed by atoms with van der Waals surface area (Å²) in [6.07, 6.45) is 0. The number of imidazole rings is 1. The van der Waals surface area contributed by atoms with E-state index in [2.05, 4.69) is 10.6 Å². The van der Waals surface area contributed by atoms with E-state index in [0.29, 0.717) is 22.3 Å². The predicted octanol–water partition coefficient (Wildman–Crippen LogP) is 3.69. The van der Waals surface area contributed by atoms with Crippen LogP contribution >= 0.6 is 0 Å². The lowest BCUT2D eigenvalue weighted by molar-refractivity contribution is -0.383. The summed E-state index contributed by atoms with van der Waals surface area (Å²) in [4.78, 5) is 35.1.